The van der Waals surface area contributed by atoms with Gasteiger partial charge in [-0.1, -0.05) is 42.5 Å². The largest absolute Gasteiger partial charge is 0.481 e. The molecule has 3 amide bonds. The molecule has 0 bridgehead atoms. The number of fused-ring (bicyclic) bond motifs is 1. The van der Waals surface area contributed by atoms with E-state index in [4.69, 9.17) is 5.11 Å². The Balaban J connectivity index is 1.93. The van der Waals surface area contributed by atoms with E-state index in [-0.39, 0.29) is 24.2 Å². The number of aldehydes is 1. The number of carboxylic acid groups (broad SMARTS) is 1. The zero-order valence-corrected chi connectivity index (χ0v) is 20.7. The number of anilines is 2. The number of nitrogens with one attached hydrogen (secondary N) is 2. The number of hydrogen-bond acceptors (Lipinski definition) is 7. The first-order valence-electron chi connectivity index (χ1n) is 11.2. The molecule has 0 radical (unpaired) electrons. The lowest BCUT2D eigenvalue weighted by Gasteiger charge is -2.25. The molecule has 12 nitrogen and oxygen atoms in total. The smallest absolute Gasteiger partial charge is 0.305 e. The van der Waals surface area contributed by atoms with Gasteiger partial charge in [0.05, 0.1) is 36.1 Å². The molecule has 0 aromatic heterocycles. The summed E-state index contributed by atoms with van der Waals surface area (Å²) in [6, 6.07) is 11.8. The van der Waals surface area contributed by atoms with Crippen LogP contribution < -0.4 is 19.8 Å². The average Bonchev–Trinajstić information content (AvgIpc) is 2.94. The molecule has 2 aromatic carbocycles. The van der Waals surface area contributed by atoms with Crippen LogP contribution in [0.25, 0.3) is 0 Å². The lowest BCUT2D eigenvalue weighted by Crippen LogP contribution is -2.54. The van der Waals surface area contributed by atoms with Gasteiger partial charge in [-0.15, -0.1) is 0 Å². The second kappa shape index (κ2) is 11.8. The van der Waals surface area contributed by atoms with Crippen molar-refractivity contribution >= 4 is 51.4 Å². The van der Waals surface area contributed by atoms with Crippen LogP contribution in [0.5, 0.6) is 0 Å². The fraction of sp³-hybridized carbons (Fsp3) is 0.292. The molecule has 1 heterocycles. The van der Waals surface area contributed by atoms with E-state index in [9.17, 15) is 32.4 Å². The SMILES string of the molecule is CC(=O)N1C[C@H](NS(=O)(=O)Cc2ccccc2)C(=O)N(CC(=O)N[C@H](C=O)CC(=O)O)c2ccccc21. The molecule has 0 saturated carbocycles. The molecule has 3 rings (SSSR count). The maximum absolute atomic E-state index is 13.6. The fourth-order valence-corrected chi connectivity index (χ4v) is 5.23. The Hall–Kier alpha value is -4.10. The number of amides is 3. The van der Waals surface area contributed by atoms with Crippen LogP contribution in [0.3, 0.4) is 0 Å². The van der Waals surface area contributed by atoms with Crippen LogP contribution in [0.15, 0.2) is 54.6 Å². The van der Waals surface area contributed by atoms with E-state index in [1.807, 2.05) is 0 Å². The van der Waals surface area contributed by atoms with Gasteiger partial charge in [0.2, 0.25) is 27.7 Å². The van der Waals surface area contributed by atoms with Gasteiger partial charge in [-0.2, -0.15) is 0 Å². The first-order valence-corrected chi connectivity index (χ1v) is 12.8. The summed E-state index contributed by atoms with van der Waals surface area (Å²) in [5.41, 5.74) is 0.930. The molecule has 0 fully saturated rings. The summed E-state index contributed by atoms with van der Waals surface area (Å²) in [6.45, 7) is 0.287. The summed E-state index contributed by atoms with van der Waals surface area (Å²) >= 11 is 0. The van der Waals surface area contributed by atoms with Gasteiger partial charge in [0.15, 0.2) is 0 Å². The molecule has 37 heavy (non-hydrogen) atoms. The van der Waals surface area contributed by atoms with Gasteiger partial charge in [0.1, 0.15) is 18.9 Å². The minimum Gasteiger partial charge on any atom is -0.481 e. The van der Waals surface area contributed by atoms with Crippen LogP contribution in [-0.4, -0.2) is 68.7 Å². The first-order chi connectivity index (χ1) is 17.5. The standard InChI is InChI=1S/C24H26N4O8S/c1-16(30)27-12-19(26-37(35,36)15-17-7-3-2-4-8-17)24(34)28(21-10-6-5-9-20(21)27)13-22(31)25-18(14-29)11-23(32)33/h2-10,14,18-19,26H,11-13,15H2,1H3,(H,25,31)(H,32,33)/t18-,19-/m0/s1. The second-order valence-electron chi connectivity index (χ2n) is 8.37. The maximum atomic E-state index is 13.6. The van der Waals surface area contributed by atoms with Crippen molar-refractivity contribution in [3.63, 3.8) is 0 Å². The Bertz CT molecular complexity index is 1300. The van der Waals surface area contributed by atoms with Crippen LogP contribution >= 0.6 is 0 Å². The summed E-state index contributed by atoms with van der Waals surface area (Å²) in [6.07, 6.45) is -0.387. The lowest BCUT2D eigenvalue weighted by molar-refractivity contribution is -0.139. The molecule has 0 spiro atoms. The van der Waals surface area contributed by atoms with Gasteiger partial charge in [-0.3, -0.25) is 24.1 Å². The van der Waals surface area contributed by atoms with E-state index < -0.39 is 64.5 Å². The van der Waals surface area contributed by atoms with E-state index in [2.05, 4.69) is 10.0 Å². The van der Waals surface area contributed by atoms with Gasteiger partial charge >= 0.3 is 5.97 Å². The minimum atomic E-state index is -4.06. The molecule has 196 valence electrons. The number of rotatable bonds is 10. The van der Waals surface area contributed by atoms with E-state index >= 15 is 0 Å². The van der Waals surface area contributed by atoms with Crippen molar-refractivity contribution in [2.24, 2.45) is 0 Å². The Kier molecular flexibility index (Phi) is 8.73. The molecule has 2 atom stereocenters. The van der Waals surface area contributed by atoms with E-state index in [0.29, 0.717) is 5.56 Å². The van der Waals surface area contributed by atoms with Crippen LogP contribution in [0.4, 0.5) is 11.4 Å². The highest BCUT2D eigenvalue weighted by Crippen LogP contribution is 2.33. The van der Waals surface area contributed by atoms with Crippen molar-refractivity contribution < 1.29 is 37.5 Å². The van der Waals surface area contributed by atoms with Crippen LogP contribution in [0, 0.1) is 0 Å². The minimum absolute atomic E-state index is 0.170. The molecule has 3 N–H and O–H groups in total. The highest BCUT2D eigenvalue weighted by Gasteiger charge is 2.38. The van der Waals surface area contributed by atoms with Crippen molar-refractivity contribution in [2.45, 2.75) is 31.2 Å². The third-order valence-electron chi connectivity index (χ3n) is 5.50. The second-order valence-corrected chi connectivity index (χ2v) is 10.1. The topological polar surface area (TPSA) is 170 Å². The molecule has 1 aliphatic rings. The van der Waals surface area contributed by atoms with Crippen LogP contribution in [-0.2, 0) is 39.7 Å². The summed E-state index contributed by atoms with van der Waals surface area (Å²) in [5.74, 6) is -3.83. The maximum Gasteiger partial charge on any atom is 0.305 e. The van der Waals surface area contributed by atoms with Crippen LogP contribution in [0.2, 0.25) is 0 Å². The molecule has 0 unspecified atom stereocenters. The Morgan fingerprint density at radius 3 is 2.30 bits per heavy atom. The Morgan fingerprint density at radius 2 is 1.70 bits per heavy atom. The number of hydrogen-bond donors (Lipinski definition) is 3. The molecule has 2 aromatic rings. The molecular formula is C24H26N4O8S. The zero-order chi connectivity index (χ0) is 27.2. The third-order valence-corrected chi connectivity index (χ3v) is 6.86. The summed E-state index contributed by atoms with van der Waals surface area (Å²) < 4.78 is 28.2. The van der Waals surface area contributed by atoms with E-state index in [1.165, 1.54) is 17.9 Å². The average molecular weight is 531 g/mol. The number of carboxylic acids is 1. The number of carbonyl (C=O) groups excluding carboxylic acids is 4. The highest BCUT2D eigenvalue weighted by atomic mass is 32.2. The number of para-hydroxylation sites is 2. The number of carbonyl (C=O) groups is 5. The Morgan fingerprint density at radius 1 is 1.08 bits per heavy atom. The number of nitrogens with zero attached hydrogens (tertiary/aromatic N) is 2. The van der Waals surface area contributed by atoms with Crippen molar-refractivity contribution in [1.82, 2.24) is 10.0 Å². The molecule has 0 saturated heterocycles. The summed E-state index contributed by atoms with van der Waals surface area (Å²) in [7, 11) is -4.06. The summed E-state index contributed by atoms with van der Waals surface area (Å²) in [4.78, 5) is 63.1. The Labute approximate surface area is 213 Å². The first kappa shape index (κ1) is 27.5. The summed E-state index contributed by atoms with van der Waals surface area (Å²) in [5, 5.41) is 11.2. The predicted octanol–water partition coefficient (Wildman–Crippen LogP) is 0.0327. The predicted molar refractivity (Wildman–Crippen MR) is 133 cm³/mol. The zero-order valence-electron chi connectivity index (χ0n) is 19.9. The molecular weight excluding hydrogens is 504 g/mol. The normalized spacial score (nSPS) is 16.4. The van der Waals surface area contributed by atoms with Crippen molar-refractivity contribution in [1.29, 1.82) is 0 Å². The quantitative estimate of drug-likeness (QED) is 0.361. The van der Waals surface area contributed by atoms with Crippen LogP contribution in [0.1, 0.15) is 18.9 Å². The number of benzene rings is 2. The highest BCUT2D eigenvalue weighted by molar-refractivity contribution is 7.88. The van der Waals surface area contributed by atoms with Gasteiger partial charge in [-0.25, -0.2) is 13.1 Å². The lowest BCUT2D eigenvalue weighted by atomic mass is 10.2. The van der Waals surface area contributed by atoms with Crippen molar-refractivity contribution in [3.8, 4) is 0 Å². The van der Waals surface area contributed by atoms with Gasteiger partial charge in [-0.05, 0) is 17.7 Å². The monoisotopic (exact) mass is 530 g/mol. The third kappa shape index (κ3) is 7.21. The fourth-order valence-electron chi connectivity index (χ4n) is 3.90. The van der Waals surface area contributed by atoms with Gasteiger partial charge in [0.25, 0.3) is 0 Å². The van der Waals surface area contributed by atoms with Gasteiger partial charge < -0.3 is 20.1 Å². The number of sulfonamides is 1. The van der Waals surface area contributed by atoms with E-state index in [1.54, 1.807) is 48.5 Å². The van der Waals surface area contributed by atoms with E-state index in [0.717, 1.165) is 4.90 Å². The van der Waals surface area contributed by atoms with Gasteiger partial charge in [0, 0.05) is 6.92 Å². The van der Waals surface area contributed by atoms with Crippen molar-refractivity contribution in [3.05, 3.63) is 60.2 Å². The molecule has 0 aliphatic carbocycles. The number of aliphatic carboxylic acids is 1. The molecule has 1 aliphatic heterocycles. The molecule has 13 heteroatoms. The van der Waals surface area contributed by atoms with Crippen molar-refractivity contribution in [2.75, 3.05) is 22.9 Å².